The number of nitrogens with zero attached hydrogens (tertiary/aromatic N) is 2. The van der Waals surface area contributed by atoms with Crippen molar-refractivity contribution >= 4 is 22.5 Å². The predicted octanol–water partition coefficient (Wildman–Crippen LogP) is 5.22. The summed E-state index contributed by atoms with van der Waals surface area (Å²) in [6.07, 6.45) is 6.22. The molecule has 2 heterocycles. The quantitative estimate of drug-likeness (QED) is 0.320. The highest BCUT2D eigenvalue weighted by atomic mass is 19.1. The van der Waals surface area contributed by atoms with Gasteiger partial charge in [0.25, 0.3) is 5.91 Å². The molecule has 190 valence electrons. The van der Waals surface area contributed by atoms with E-state index in [2.05, 4.69) is 15.3 Å². The van der Waals surface area contributed by atoms with Crippen LogP contribution in [-0.2, 0) is 0 Å². The number of anilines is 1. The molecule has 8 nitrogen and oxygen atoms in total. The molecule has 1 fully saturated rings. The van der Waals surface area contributed by atoms with Gasteiger partial charge in [-0.15, -0.1) is 0 Å². The first-order valence-electron chi connectivity index (χ1n) is 11.7. The summed E-state index contributed by atoms with van der Waals surface area (Å²) in [5.74, 6) is -2.05. The first-order chi connectivity index (χ1) is 17.9. The number of amides is 1. The Morgan fingerprint density at radius 2 is 1.86 bits per heavy atom. The fourth-order valence-corrected chi connectivity index (χ4v) is 3.57. The first-order valence-corrected chi connectivity index (χ1v) is 11.7. The van der Waals surface area contributed by atoms with Crippen molar-refractivity contribution in [1.29, 1.82) is 0 Å². The van der Waals surface area contributed by atoms with Crippen molar-refractivity contribution < 1.29 is 27.8 Å². The van der Waals surface area contributed by atoms with Crippen LogP contribution in [0.5, 0.6) is 23.0 Å². The van der Waals surface area contributed by atoms with Gasteiger partial charge < -0.3 is 25.3 Å². The number of carbonyl (C=O) groups is 1. The number of aromatic nitrogens is 2. The Morgan fingerprint density at radius 1 is 1.11 bits per heavy atom. The molecule has 1 amide bonds. The molecule has 0 aliphatic heterocycles. The number of carbonyl (C=O) groups excluding carboxylic acids is 1. The van der Waals surface area contributed by atoms with Crippen LogP contribution in [0.1, 0.15) is 30.1 Å². The molecule has 4 aromatic rings. The molecular weight excluding hydrogens is 482 g/mol. The average molecular weight is 507 g/mol. The van der Waals surface area contributed by atoms with E-state index >= 15 is 0 Å². The van der Waals surface area contributed by atoms with Crippen molar-refractivity contribution in [3.63, 3.8) is 0 Å². The van der Waals surface area contributed by atoms with Gasteiger partial charge in [0, 0.05) is 53.9 Å². The van der Waals surface area contributed by atoms with Crippen LogP contribution in [0.3, 0.4) is 0 Å². The fraction of sp³-hybridized carbons (Fsp3) is 0.222. The van der Waals surface area contributed by atoms with Crippen LogP contribution in [0.4, 0.5) is 14.5 Å². The number of pyridine rings is 2. The highest BCUT2D eigenvalue weighted by Gasteiger charge is 2.26. The normalized spacial score (nSPS) is 13.7. The maximum absolute atomic E-state index is 14.9. The Kier molecular flexibility index (Phi) is 6.82. The smallest absolute Gasteiger partial charge is 0.261 e. The van der Waals surface area contributed by atoms with Crippen LogP contribution in [0.15, 0.2) is 61.1 Å². The van der Waals surface area contributed by atoms with Crippen LogP contribution in [0, 0.1) is 11.6 Å². The number of hydrogen-bond donors (Lipinski definition) is 2. The van der Waals surface area contributed by atoms with E-state index in [0.29, 0.717) is 29.0 Å². The Hall–Kier alpha value is -4.31. The van der Waals surface area contributed by atoms with Gasteiger partial charge in [0.15, 0.2) is 17.4 Å². The van der Waals surface area contributed by atoms with Crippen LogP contribution in [0.2, 0.25) is 0 Å². The highest BCUT2D eigenvalue weighted by Crippen LogP contribution is 2.35. The molecule has 2 aromatic heterocycles. The third kappa shape index (κ3) is 5.75. The summed E-state index contributed by atoms with van der Waals surface area (Å²) in [4.78, 5) is 21.0. The molecule has 2 aromatic carbocycles. The minimum Gasteiger partial charge on any atom is -0.492 e. The van der Waals surface area contributed by atoms with E-state index in [4.69, 9.17) is 19.9 Å². The van der Waals surface area contributed by atoms with E-state index in [9.17, 15) is 13.6 Å². The maximum Gasteiger partial charge on any atom is 0.261 e. The number of nitrogens with one attached hydrogen (secondary N) is 1. The van der Waals surface area contributed by atoms with Crippen molar-refractivity contribution in [2.45, 2.75) is 31.9 Å². The third-order valence-electron chi connectivity index (χ3n) is 5.50. The van der Waals surface area contributed by atoms with E-state index in [1.165, 1.54) is 24.7 Å². The van der Waals surface area contributed by atoms with Gasteiger partial charge in [0.2, 0.25) is 0 Å². The summed E-state index contributed by atoms with van der Waals surface area (Å²) in [6.45, 7) is 2.15. The summed E-state index contributed by atoms with van der Waals surface area (Å²) >= 11 is 0. The molecule has 1 aliphatic carbocycles. The van der Waals surface area contributed by atoms with Gasteiger partial charge in [-0.1, -0.05) is 0 Å². The third-order valence-corrected chi connectivity index (χ3v) is 5.50. The van der Waals surface area contributed by atoms with Gasteiger partial charge in [-0.2, -0.15) is 0 Å². The zero-order valence-corrected chi connectivity index (χ0v) is 19.9. The second-order valence-corrected chi connectivity index (χ2v) is 8.79. The van der Waals surface area contributed by atoms with Gasteiger partial charge in [-0.3, -0.25) is 14.8 Å². The topological polar surface area (TPSA) is 109 Å². The van der Waals surface area contributed by atoms with E-state index < -0.39 is 23.3 Å². The first kappa shape index (κ1) is 24.4. The second-order valence-electron chi connectivity index (χ2n) is 8.79. The van der Waals surface area contributed by atoms with Crippen LogP contribution >= 0.6 is 0 Å². The lowest BCUT2D eigenvalue weighted by Crippen LogP contribution is -2.23. The van der Waals surface area contributed by atoms with Gasteiger partial charge in [0.05, 0.1) is 17.2 Å². The molecule has 37 heavy (non-hydrogen) atoms. The Morgan fingerprint density at radius 3 is 2.59 bits per heavy atom. The number of ether oxygens (including phenoxy) is 3. The molecule has 1 aliphatic rings. The summed E-state index contributed by atoms with van der Waals surface area (Å²) in [5.41, 5.74) is 6.33. The van der Waals surface area contributed by atoms with Gasteiger partial charge >= 0.3 is 0 Å². The van der Waals surface area contributed by atoms with Crippen molar-refractivity contribution in [3.05, 3.63) is 78.3 Å². The molecule has 0 spiro atoms. The summed E-state index contributed by atoms with van der Waals surface area (Å²) in [6, 6.07) is 9.99. The number of fused-ring (bicyclic) bond motifs is 1. The standard InChI is InChI=1S/C27H24F2N4O4/c1-15(30)14-35-18-4-5-19-23(12-18)32-9-7-24(19)37-26-21(28)10-16(11-22(26)29)33-27(34)20-13-31-8-6-25(20)36-17-2-3-17/h4-13,15,17H,2-3,14,30H2,1H3,(H,33,34). The average Bonchev–Trinajstić information content (AvgIpc) is 3.69. The lowest BCUT2D eigenvalue weighted by atomic mass is 10.2. The molecule has 3 N–H and O–H groups in total. The SMILES string of the molecule is CC(N)COc1ccc2c(Oc3c(F)cc(NC(=O)c4cnccc4OC4CC4)cc3F)ccnc2c1. The maximum atomic E-state index is 14.9. The summed E-state index contributed by atoms with van der Waals surface area (Å²) in [7, 11) is 0. The Labute approximate surface area is 211 Å². The minimum atomic E-state index is -0.988. The largest absolute Gasteiger partial charge is 0.492 e. The van der Waals surface area contributed by atoms with Crippen LogP contribution in [-0.4, -0.2) is 34.6 Å². The Balaban J connectivity index is 1.35. The highest BCUT2D eigenvalue weighted by molar-refractivity contribution is 6.06. The van der Waals surface area contributed by atoms with Crippen LogP contribution in [0.25, 0.3) is 10.9 Å². The molecular formula is C27H24F2N4O4. The number of benzene rings is 2. The monoisotopic (exact) mass is 506 g/mol. The van der Waals surface area contributed by atoms with E-state index in [1.54, 1.807) is 24.3 Å². The predicted molar refractivity (Wildman–Crippen MR) is 133 cm³/mol. The molecule has 0 radical (unpaired) electrons. The molecule has 1 unspecified atom stereocenters. The van der Waals surface area contributed by atoms with Crippen molar-refractivity contribution in [2.75, 3.05) is 11.9 Å². The molecule has 0 bridgehead atoms. The molecule has 1 saturated carbocycles. The van der Waals surface area contributed by atoms with E-state index in [0.717, 1.165) is 25.0 Å². The molecule has 0 saturated heterocycles. The van der Waals surface area contributed by atoms with Gasteiger partial charge in [-0.25, -0.2) is 8.78 Å². The van der Waals surface area contributed by atoms with Crippen molar-refractivity contribution in [2.24, 2.45) is 5.73 Å². The zero-order valence-electron chi connectivity index (χ0n) is 19.9. The number of hydrogen-bond acceptors (Lipinski definition) is 7. The number of rotatable bonds is 9. The lowest BCUT2D eigenvalue weighted by Gasteiger charge is -2.14. The second kappa shape index (κ2) is 10.4. The zero-order chi connectivity index (χ0) is 25.9. The van der Waals surface area contributed by atoms with Gasteiger partial charge in [-0.05, 0) is 44.0 Å². The number of nitrogens with two attached hydrogens (primary N) is 1. The van der Waals surface area contributed by atoms with E-state index in [-0.39, 0.29) is 29.1 Å². The molecule has 5 rings (SSSR count). The summed E-state index contributed by atoms with van der Waals surface area (Å²) < 4.78 is 46.8. The summed E-state index contributed by atoms with van der Waals surface area (Å²) in [5, 5.41) is 3.03. The molecule has 1 atom stereocenters. The van der Waals surface area contributed by atoms with Crippen molar-refractivity contribution in [3.8, 4) is 23.0 Å². The van der Waals surface area contributed by atoms with E-state index in [1.807, 2.05) is 6.92 Å². The van der Waals surface area contributed by atoms with Gasteiger partial charge in [0.1, 0.15) is 23.9 Å². The molecule has 10 heteroatoms. The number of halogens is 2. The Bertz CT molecular complexity index is 1440. The van der Waals surface area contributed by atoms with Crippen molar-refractivity contribution in [1.82, 2.24) is 9.97 Å². The lowest BCUT2D eigenvalue weighted by molar-refractivity contribution is 0.102. The van der Waals surface area contributed by atoms with Crippen LogP contribution < -0.4 is 25.3 Å². The minimum absolute atomic E-state index is 0.0679. The fourth-order valence-electron chi connectivity index (χ4n) is 3.57.